The lowest BCUT2D eigenvalue weighted by Gasteiger charge is -2.22. The van der Waals surface area contributed by atoms with Crippen molar-refractivity contribution < 1.29 is 28.6 Å². The minimum Gasteiger partial charge on any atom is -0.507 e. The van der Waals surface area contributed by atoms with Crippen molar-refractivity contribution in [1.82, 2.24) is 9.97 Å². The number of Topliss-reactive ketones (excluding diaryl/α,β-unsaturated/α-hetero) is 1. The zero-order valence-electron chi connectivity index (χ0n) is 17.8. The molecular formula is C23H18FN3O5S. The van der Waals surface area contributed by atoms with Crippen LogP contribution in [0.25, 0.3) is 5.76 Å². The van der Waals surface area contributed by atoms with Crippen molar-refractivity contribution in [3.8, 4) is 0 Å². The fourth-order valence-electron chi connectivity index (χ4n) is 3.55. The molecule has 1 saturated heterocycles. The number of methoxy groups -OCH3 is 1. The highest BCUT2D eigenvalue weighted by Gasteiger charge is 2.48. The monoisotopic (exact) mass is 467 g/mol. The number of carbonyl (C=O) groups is 3. The van der Waals surface area contributed by atoms with Crippen molar-refractivity contribution in [2.24, 2.45) is 0 Å². The second-order valence-electron chi connectivity index (χ2n) is 7.32. The van der Waals surface area contributed by atoms with E-state index in [4.69, 9.17) is 4.74 Å². The molecule has 1 aromatic carbocycles. The number of aliphatic hydroxyl groups is 1. The lowest BCUT2D eigenvalue weighted by atomic mass is 9.96. The van der Waals surface area contributed by atoms with Gasteiger partial charge in [-0.1, -0.05) is 29.5 Å². The van der Waals surface area contributed by atoms with Crippen molar-refractivity contribution in [1.29, 1.82) is 0 Å². The summed E-state index contributed by atoms with van der Waals surface area (Å²) in [5, 5.41) is 11.1. The molecule has 1 fully saturated rings. The maximum atomic E-state index is 14.2. The molecule has 3 heterocycles. The van der Waals surface area contributed by atoms with Crippen LogP contribution in [0.4, 0.5) is 9.52 Å². The van der Waals surface area contributed by atoms with E-state index in [1.54, 1.807) is 26.0 Å². The Kier molecular flexibility index (Phi) is 5.77. The summed E-state index contributed by atoms with van der Waals surface area (Å²) in [6.45, 7) is 3.15. The average Bonchev–Trinajstić information content (AvgIpc) is 3.32. The highest BCUT2D eigenvalue weighted by molar-refractivity contribution is 7.17. The Morgan fingerprint density at radius 2 is 2.00 bits per heavy atom. The van der Waals surface area contributed by atoms with E-state index in [-0.39, 0.29) is 21.1 Å². The van der Waals surface area contributed by atoms with Gasteiger partial charge in [-0.15, -0.1) is 0 Å². The van der Waals surface area contributed by atoms with Crippen LogP contribution in [0.3, 0.4) is 0 Å². The number of halogens is 1. The van der Waals surface area contributed by atoms with E-state index < -0.39 is 35.3 Å². The summed E-state index contributed by atoms with van der Waals surface area (Å²) in [6, 6.07) is 6.20. The van der Waals surface area contributed by atoms with Gasteiger partial charge in [0.1, 0.15) is 16.5 Å². The number of ether oxygens (including phenoxy) is 1. The van der Waals surface area contributed by atoms with Crippen LogP contribution in [-0.2, 0) is 14.3 Å². The van der Waals surface area contributed by atoms with Gasteiger partial charge < -0.3 is 9.84 Å². The number of amides is 1. The number of aliphatic hydroxyl groups excluding tert-OH is 1. The van der Waals surface area contributed by atoms with Gasteiger partial charge in [-0.2, -0.15) is 0 Å². The molecule has 0 radical (unpaired) electrons. The van der Waals surface area contributed by atoms with Crippen LogP contribution in [0.15, 0.2) is 48.3 Å². The van der Waals surface area contributed by atoms with Crippen LogP contribution >= 0.6 is 11.3 Å². The third-order valence-corrected chi connectivity index (χ3v) is 6.39. The average molecular weight is 467 g/mol. The third-order valence-electron chi connectivity index (χ3n) is 5.25. The van der Waals surface area contributed by atoms with Gasteiger partial charge in [0, 0.05) is 18.0 Å². The maximum Gasteiger partial charge on any atom is 0.350 e. The van der Waals surface area contributed by atoms with Crippen molar-refractivity contribution in [3.05, 3.63) is 81.4 Å². The first kappa shape index (κ1) is 22.3. The Bertz CT molecular complexity index is 1320. The first-order valence-corrected chi connectivity index (χ1v) is 10.6. The van der Waals surface area contributed by atoms with Gasteiger partial charge in [-0.25, -0.2) is 14.2 Å². The summed E-state index contributed by atoms with van der Waals surface area (Å²) in [4.78, 5) is 47.9. The summed E-state index contributed by atoms with van der Waals surface area (Å²) in [5.41, 5.74) is 0.941. The molecule has 4 rings (SSSR count). The molecule has 168 valence electrons. The number of anilines is 1. The van der Waals surface area contributed by atoms with Gasteiger partial charge >= 0.3 is 11.9 Å². The molecule has 0 spiro atoms. The molecule has 1 aliphatic rings. The second-order valence-corrected chi connectivity index (χ2v) is 8.30. The van der Waals surface area contributed by atoms with E-state index in [0.717, 1.165) is 22.3 Å². The van der Waals surface area contributed by atoms with Crippen LogP contribution in [0.1, 0.15) is 38.1 Å². The Hall–Kier alpha value is -3.92. The first-order valence-electron chi connectivity index (χ1n) is 9.77. The molecule has 3 aromatic rings. The summed E-state index contributed by atoms with van der Waals surface area (Å²) in [7, 11) is 1.23. The van der Waals surface area contributed by atoms with E-state index in [9.17, 15) is 23.9 Å². The number of ketones is 1. The fraction of sp³-hybridized carbons (Fsp3) is 0.174. The van der Waals surface area contributed by atoms with Gasteiger partial charge in [0.05, 0.1) is 24.4 Å². The molecule has 1 atom stereocenters. The molecule has 8 nitrogen and oxygen atoms in total. The molecule has 1 amide bonds. The van der Waals surface area contributed by atoms with Crippen LogP contribution < -0.4 is 4.90 Å². The van der Waals surface area contributed by atoms with Crippen molar-refractivity contribution in [3.63, 3.8) is 0 Å². The van der Waals surface area contributed by atoms with Crippen LogP contribution in [0.5, 0.6) is 0 Å². The summed E-state index contributed by atoms with van der Waals surface area (Å²) in [5.74, 6) is -3.62. The number of aromatic nitrogens is 2. The number of pyridine rings is 1. The molecule has 0 saturated carbocycles. The number of hydrogen-bond donors (Lipinski definition) is 1. The van der Waals surface area contributed by atoms with E-state index >= 15 is 0 Å². The van der Waals surface area contributed by atoms with Gasteiger partial charge in [0.25, 0.3) is 5.78 Å². The van der Waals surface area contributed by atoms with Crippen molar-refractivity contribution in [2.75, 3.05) is 12.0 Å². The van der Waals surface area contributed by atoms with E-state index in [1.165, 1.54) is 31.6 Å². The highest BCUT2D eigenvalue weighted by Crippen LogP contribution is 2.43. The summed E-state index contributed by atoms with van der Waals surface area (Å²) >= 11 is 0.890. The number of hydrogen-bond acceptors (Lipinski definition) is 8. The number of aryl methyl sites for hydroxylation is 2. The van der Waals surface area contributed by atoms with Crippen LogP contribution in [0, 0.1) is 19.7 Å². The second kappa shape index (κ2) is 8.55. The molecule has 0 aliphatic carbocycles. The van der Waals surface area contributed by atoms with Gasteiger partial charge in [0.2, 0.25) is 0 Å². The minimum absolute atomic E-state index is 0.0514. The number of nitrogens with zero attached hydrogens (tertiary/aromatic N) is 3. The quantitative estimate of drug-likeness (QED) is 0.270. The third kappa shape index (κ3) is 3.78. The number of esters is 1. The fourth-order valence-corrected chi connectivity index (χ4v) is 4.56. The maximum absolute atomic E-state index is 14.2. The van der Waals surface area contributed by atoms with Crippen molar-refractivity contribution >= 4 is 39.9 Å². The van der Waals surface area contributed by atoms with Crippen molar-refractivity contribution in [2.45, 2.75) is 19.9 Å². The Morgan fingerprint density at radius 1 is 1.24 bits per heavy atom. The zero-order valence-corrected chi connectivity index (χ0v) is 18.6. The minimum atomic E-state index is -1.08. The van der Waals surface area contributed by atoms with Gasteiger partial charge in [-0.05, 0) is 37.1 Å². The molecular weight excluding hydrogens is 449 g/mol. The summed E-state index contributed by atoms with van der Waals surface area (Å²) in [6.07, 6.45) is 2.97. The predicted molar refractivity (Wildman–Crippen MR) is 118 cm³/mol. The van der Waals surface area contributed by atoms with E-state index in [1.807, 2.05) is 0 Å². The van der Waals surface area contributed by atoms with E-state index in [2.05, 4.69) is 9.97 Å². The largest absolute Gasteiger partial charge is 0.507 e. The molecule has 2 aromatic heterocycles. The first-order chi connectivity index (χ1) is 15.7. The lowest BCUT2D eigenvalue weighted by molar-refractivity contribution is -0.132. The lowest BCUT2D eigenvalue weighted by Crippen LogP contribution is -2.29. The molecule has 1 unspecified atom stereocenters. The van der Waals surface area contributed by atoms with E-state index in [0.29, 0.717) is 16.8 Å². The Balaban J connectivity index is 1.93. The molecule has 1 N–H and O–H groups in total. The van der Waals surface area contributed by atoms with Gasteiger partial charge in [-0.3, -0.25) is 19.5 Å². The topological polar surface area (TPSA) is 110 Å². The number of rotatable bonds is 4. The zero-order chi connectivity index (χ0) is 23.9. The number of benzene rings is 1. The SMILES string of the molecule is COC(=O)c1sc(N2C(=O)C(=O)/C(=C(/O)c3ccc(C)c(F)c3)C2c2cccnc2)nc1C. The Morgan fingerprint density at radius 3 is 2.64 bits per heavy atom. The van der Waals surface area contributed by atoms with Gasteiger partial charge in [0.15, 0.2) is 5.13 Å². The molecule has 0 bridgehead atoms. The Labute approximate surface area is 192 Å². The normalized spacial score (nSPS) is 17.5. The molecule has 33 heavy (non-hydrogen) atoms. The number of carbonyl (C=O) groups excluding carboxylic acids is 3. The predicted octanol–water partition coefficient (Wildman–Crippen LogP) is 3.71. The van der Waals surface area contributed by atoms with Crippen LogP contribution in [-0.4, -0.2) is 39.8 Å². The highest BCUT2D eigenvalue weighted by atomic mass is 32.1. The smallest absolute Gasteiger partial charge is 0.350 e. The van der Waals surface area contributed by atoms with Crippen LogP contribution in [0.2, 0.25) is 0 Å². The summed E-state index contributed by atoms with van der Waals surface area (Å²) < 4.78 is 18.9. The standard InChI is InChI=1S/C23H18FN3O5S/c1-11-6-7-13(9-15(11)24)18(28)16-17(14-5-4-8-25-10-14)27(21(30)19(16)29)23-26-12(2)20(33-23)22(31)32-3/h4-10,17,28H,1-3H3/b18-16+. The molecule has 1 aliphatic heterocycles. The molecule has 10 heteroatoms. The number of thiazole rings is 1.